The Morgan fingerprint density at radius 1 is 1.40 bits per heavy atom. The third-order valence-electron chi connectivity index (χ3n) is 1.86. The molecule has 1 heterocycles. The third-order valence-corrected chi connectivity index (χ3v) is 1.86. The molecular weight excluding hydrogens is 204 g/mol. The first-order valence-corrected chi connectivity index (χ1v) is 4.66. The van der Waals surface area contributed by atoms with Gasteiger partial charge in [0.25, 0.3) is 0 Å². The second-order valence-electron chi connectivity index (χ2n) is 3.04. The van der Waals surface area contributed by atoms with Crippen molar-refractivity contribution in [3.63, 3.8) is 0 Å². The quantitative estimate of drug-likeness (QED) is 0.619. The van der Waals surface area contributed by atoms with Gasteiger partial charge in [-0.1, -0.05) is 0 Å². The number of carboxylic acid groups (broad SMARTS) is 1. The van der Waals surface area contributed by atoms with Gasteiger partial charge in [-0.05, 0) is 6.42 Å². The number of nitrogens with one attached hydrogen (secondary N) is 1. The maximum Gasteiger partial charge on any atom is 0.341 e. The number of hydrogen-bond donors (Lipinski definition) is 2. The number of nitrogens with zero attached hydrogens (tertiary/aromatic N) is 1. The molecule has 0 aliphatic carbocycles. The molecule has 2 amide bonds. The molecule has 0 aromatic carbocycles. The SMILES string of the molecule is O=C(O)CONC(=O)N1CCCOCC1. The van der Waals surface area contributed by atoms with E-state index < -0.39 is 18.6 Å². The number of hydrogen-bond acceptors (Lipinski definition) is 4. The highest BCUT2D eigenvalue weighted by molar-refractivity contribution is 5.73. The smallest absolute Gasteiger partial charge is 0.341 e. The fraction of sp³-hybridized carbons (Fsp3) is 0.750. The summed E-state index contributed by atoms with van der Waals surface area (Å²) in [6, 6.07) is -0.429. The summed E-state index contributed by atoms with van der Waals surface area (Å²) in [5, 5.41) is 8.27. The number of aliphatic carboxylic acids is 1. The molecule has 0 aromatic heterocycles. The standard InChI is InChI=1S/C8H14N2O5/c11-7(12)6-15-9-8(13)10-2-1-4-14-5-3-10/h1-6H2,(H,9,13)(H,11,12). The van der Waals surface area contributed by atoms with Gasteiger partial charge >= 0.3 is 12.0 Å². The molecule has 1 rings (SSSR count). The van der Waals surface area contributed by atoms with Crippen molar-refractivity contribution in [2.24, 2.45) is 0 Å². The molecular formula is C8H14N2O5. The van der Waals surface area contributed by atoms with E-state index in [0.29, 0.717) is 26.3 Å². The van der Waals surface area contributed by atoms with Crippen LogP contribution in [0, 0.1) is 0 Å². The summed E-state index contributed by atoms with van der Waals surface area (Å²) in [4.78, 5) is 27.5. The van der Waals surface area contributed by atoms with Crippen molar-refractivity contribution in [3.8, 4) is 0 Å². The van der Waals surface area contributed by atoms with Gasteiger partial charge in [-0.2, -0.15) is 0 Å². The number of amides is 2. The zero-order chi connectivity index (χ0) is 11.1. The van der Waals surface area contributed by atoms with Crippen LogP contribution < -0.4 is 5.48 Å². The normalized spacial score (nSPS) is 16.9. The van der Waals surface area contributed by atoms with Crippen molar-refractivity contribution in [2.75, 3.05) is 32.9 Å². The molecule has 1 saturated heterocycles. The van der Waals surface area contributed by atoms with E-state index in [1.54, 1.807) is 0 Å². The Morgan fingerprint density at radius 3 is 2.93 bits per heavy atom. The molecule has 7 nitrogen and oxygen atoms in total. The van der Waals surface area contributed by atoms with Crippen LogP contribution in [-0.4, -0.2) is 54.9 Å². The van der Waals surface area contributed by atoms with Crippen molar-refractivity contribution in [1.82, 2.24) is 10.4 Å². The number of urea groups is 1. The van der Waals surface area contributed by atoms with Gasteiger partial charge in [0, 0.05) is 19.7 Å². The highest BCUT2D eigenvalue weighted by atomic mass is 16.7. The number of carbonyl (C=O) groups excluding carboxylic acids is 1. The number of ether oxygens (including phenoxy) is 1. The molecule has 7 heteroatoms. The van der Waals surface area contributed by atoms with Gasteiger partial charge in [0.05, 0.1) is 6.61 Å². The zero-order valence-corrected chi connectivity index (χ0v) is 8.27. The molecule has 0 unspecified atom stereocenters. The van der Waals surface area contributed by atoms with Crippen molar-refractivity contribution >= 4 is 12.0 Å². The van der Waals surface area contributed by atoms with Crippen LogP contribution >= 0.6 is 0 Å². The maximum atomic E-state index is 11.4. The monoisotopic (exact) mass is 218 g/mol. The lowest BCUT2D eigenvalue weighted by atomic mass is 10.4. The summed E-state index contributed by atoms with van der Waals surface area (Å²) in [6.45, 7) is 1.66. The van der Waals surface area contributed by atoms with Crippen molar-refractivity contribution < 1.29 is 24.3 Å². The Balaban J connectivity index is 2.22. The van der Waals surface area contributed by atoms with E-state index in [2.05, 4.69) is 10.3 Å². The minimum Gasteiger partial charge on any atom is -0.479 e. The Labute approximate surface area is 86.9 Å². The van der Waals surface area contributed by atoms with Crippen LogP contribution in [-0.2, 0) is 14.4 Å². The van der Waals surface area contributed by atoms with Crippen LogP contribution in [0.25, 0.3) is 0 Å². The van der Waals surface area contributed by atoms with Gasteiger partial charge in [0.15, 0.2) is 6.61 Å². The van der Waals surface area contributed by atoms with Crippen LogP contribution in [0.15, 0.2) is 0 Å². The zero-order valence-electron chi connectivity index (χ0n) is 8.27. The van der Waals surface area contributed by atoms with E-state index in [1.807, 2.05) is 0 Å². The van der Waals surface area contributed by atoms with E-state index in [0.717, 1.165) is 6.42 Å². The molecule has 15 heavy (non-hydrogen) atoms. The van der Waals surface area contributed by atoms with Gasteiger partial charge in [-0.25, -0.2) is 15.1 Å². The average Bonchev–Trinajstić information content (AvgIpc) is 2.44. The summed E-state index contributed by atoms with van der Waals surface area (Å²) >= 11 is 0. The molecule has 0 radical (unpaired) electrons. The highest BCUT2D eigenvalue weighted by Gasteiger charge is 2.15. The molecule has 0 atom stereocenters. The summed E-state index contributed by atoms with van der Waals surface area (Å²) in [5.41, 5.74) is 2.06. The van der Waals surface area contributed by atoms with E-state index in [1.165, 1.54) is 4.90 Å². The van der Waals surface area contributed by atoms with E-state index >= 15 is 0 Å². The Morgan fingerprint density at radius 2 is 2.20 bits per heavy atom. The Hall–Kier alpha value is -1.34. The maximum absolute atomic E-state index is 11.4. The number of carbonyl (C=O) groups is 2. The van der Waals surface area contributed by atoms with Crippen LogP contribution in [0.4, 0.5) is 4.79 Å². The van der Waals surface area contributed by atoms with Crippen molar-refractivity contribution in [3.05, 3.63) is 0 Å². The van der Waals surface area contributed by atoms with Crippen LogP contribution in [0.5, 0.6) is 0 Å². The van der Waals surface area contributed by atoms with Crippen molar-refractivity contribution in [1.29, 1.82) is 0 Å². The predicted molar refractivity (Wildman–Crippen MR) is 49.1 cm³/mol. The predicted octanol–water partition coefficient (Wildman–Crippen LogP) is -0.565. The lowest BCUT2D eigenvalue weighted by Crippen LogP contribution is -2.41. The molecule has 2 N–H and O–H groups in total. The van der Waals surface area contributed by atoms with Crippen LogP contribution in [0.1, 0.15) is 6.42 Å². The fourth-order valence-electron chi connectivity index (χ4n) is 1.17. The van der Waals surface area contributed by atoms with Crippen molar-refractivity contribution in [2.45, 2.75) is 6.42 Å². The van der Waals surface area contributed by atoms with Crippen LogP contribution in [0.2, 0.25) is 0 Å². The topological polar surface area (TPSA) is 88.1 Å². The van der Waals surface area contributed by atoms with Gasteiger partial charge in [-0.3, -0.25) is 4.84 Å². The molecule has 1 aliphatic rings. The molecule has 0 spiro atoms. The summed E-state index contributed by atoms with van der Waals surface area (Å²) in [6.07, 6.45) is 0.770. The lowest BCUT2D eigenvalue weighted by molar-refractivity contribution is -0.144. The highest BCUT2D eigenvalue weighted by Crippen LogP contribution is 1.98. The molecule has 0 saturated carbocycles. The molecule has 1 fully saturated rings. The Kier molecular flexibility index (Phi) is 4.85. The first-order valence-electron chi connectivity index (χ1n) is 4.66. The first kappa shape index (κ1) is 11.7. The number of rotatable bonds is 3. The first-order chi connectivity index (χ1) is 7.20. The fourth-order valence-corrected chi connectivity index (χ4v) is 1.17. The summed E-state index contributed by atoms with van der Waals surface area (Å²) in [5.74, 6) is -1.13. The second kappa shape index (κ2) is 6.20. The van der Waals surface area contributed by atoms with E-state index in [9.17, 15) is 9.59 Å². The second-order valence-corrected chi connectivity index (χ2v) is 3.04. The number of hydroxylamine groups is 1. The average molecular weight is 218 g/mol. The molecule has 86 valence electrons. The lowest BCUT2D eigenvalue weighted by Gasteiger charge is -2.19. The number of carboxylic acids is 1. The molecule has 0 aromatic rings. The molecule has 0 bridgehead atoms. The third kappa shape index (κ3) is 4.61. The van der Waals surface area contributed by atoms with Gasteiger partial charge < -0.3 is 14.7 Å². The van der Waals surface area contributed by atoms with Gasteiger partial charge in [0.1, 0.15) is 0 Å². The summed E-state index contributed by atoms with van der Waals surface area (Å²) in [7, 11) is 0. The minimum atomic E-state index is -1.13. The minimum absolute atomic E-state index is 0.429. The van der Waals surface area contributed by atoms with Gasteiger partial charge in [0.2, 0.25) is 0 Å². The van der Waals surface area contributed by atoms with E-state index in [4.69, 9.17) is 9.84 Å². The van der Waals surface area contributed by atoms with Gasteiger partial charge in [-0.15, -0.1) is 0 Å². The molecule has 1 aliphatic heterocycles. The van der Waals surface area contributed by atoms with E-state index in [-0.39, 0.29) is 0 Å². The van der Waals surface area contributed by atoms with Crippen LogP contribution in [0.3, 0.4) is 0 Å². The summed E-state index contributed by atoms with van der Waals surface area (Å²) < 4.78 is 5.16. The Bertz CT molecular complexity index is 225. The largest absolute Gasteiger partial charge is 0.479 e.